The standard InChI is InChI=1S/C15H22O.C13H20.C12H24N2O.C12H23NO.C12H19NO.C12H25N.C11H23NO/c1-11(2)14-7-5-6-13(10-14)8-9-15(16)12(3)4;1-10(2)9-12-5-7-13(8-6-12)11(3)4;1-9(2)11-5-7-14(8-6-11)12(15)13-10(3)4;2*1-9(2)7-11-5-6-13(10(3)4)12(14)8-11;1-10(2)9-12-5-7-13(8-6-12)11(3)4;1-9(2)12-7-5-11(6-8-12)13-10(3)4/h5-7,10-12H,8-9H2,1-4H3;5-8,10-11H,9H2,1-4H3;9-11H,5-8H2,1-4H3,(H,13,15);9-11H,5-8H2,1-4H3;5-6,8-10H,7H2,1-4H3;10-12H,5-9H2,1-4H3;9-11H,5-8H2,1-4H3. The van der Waals surface area contributed by atoms with Crippen molar-refractivity contribution in [3.63, 3.8) is 0 Å². The second kappa shape index (κ2) is 49.3. The van der Waals surface area contributed by atoms with Gasteiger partial charge in [0.1, 0.15) is 5.78 Å². The van der Waals surface area contributed by atoms with Crippen molar-refractivity contribution in [3.05, 3.63) is 105 Å². The Morgan fingerprint density at radius 3 is 1.41 bits per heavy atom. The summed E-state index contributed by atoms with van der Waals surface area (Å²) in [6.07, 6.45) is 18.7. The molecule has 1 N–H and O–H groups in total. The fraction of sp³-hybridized carbons (Fsp3) is 0.770. The molecule has 4 aliphatic rings. The molecule has 0 radical (unpaired) electrons. The van der Waals surface area contributed by atoms with Crippen LogP contribution in [0.5, 0.6) is 0 Å². The van der Waals surface area contributed by atoms with Crippen molar-refractivity contribution in [1.82, 2.24) is 29.5 Å². The molecule has 0 bridgehead atoms. The zero-order valence-corrected chi connectivity index (χ0v) is 68.9. The van der Waals surface area contributed by atoms with Crippen LogP contribution in [0.25, 0.3) is 0 Å². The lowest BCUT2D eigenvalue weighted by Crippen LogP contribution is -2.47. The number of urea groups is 1. The second-order valence-electron chi connectivity index (χ2n) is 34.0. The number of carbonyl (C=O) groups is 3. The van der Waals surface area contributed by atoms with Gasteiger partial charge >= 0.3 is 6.03 Å². The first-order chi connectivity index (χ1) is 45.8. The number of likely N-dealkylation sites (tertiary alicyclic amines) is 4. The third-order valence-electron chi connectivity index (χ3n) is 19.5. The molecule has 1 aromatic heterocycles. The summed E-state index contributed by atoms with van der Waals surface area (Å²) in [6.45, 7) is 68.8. The minimum Gasteiger partial charge on any atom is -0.375 e. The van der Waals surface area contributed by atoms with Crippen molar-refractivity contribution in [2.45, 2.75) is 338 Å². The van der Waals surface area contributed by atoms with E-state index in [1.807, 2.05) is 63.6 Å². The molecule has 98 heavy (non-hydrogen) atoms. The molecule has 7 rings (SSSR count). The highest BCUT2D eigenvalue weighted by atomic mass is 16.5. The third-order valence-corrected chi connectivity index (χ3v) is 19.5. The van der Waals surface area contributed by atoms with Crippen LogP contribution in [0, 0.1) is 53.3 Å². The number of nitrogens with zero attached hydrogens (tertiary/aromatic N) is 5. The maximum Gasteiger partial charge on any atom is 0.317 e. The van der Waals surface area contributed by atoms with E-state index >= 15 is 0 Å². The van der Waals surface area contributed by atoms with E-state index in [2.05, 4.69) is 216 Å². The molecular weight excluding hydrogens is 1210 g/mol. The molecule has 4 saturated heterocycles. The van der Waals surface area contributed by atoms with E-state index in [4.69, 9.17) is 4.74 Å². The molecule has 1 unspecified atom stereocenters. The molecule has 564 valence electrons. The maximum absolute atomic E-state index is 11.8. The largest absolute Gasteiger partial charge is 0.375 e. The van der Waals surface area contributed by atoms with Gasteiger partial charge in [-0.25, -0.2) is 4.79 Å². The molecule has 0 saturated carbocycles. The number of Topliss-reactive ketones (excluding diaryl/α,β-unsaturated/α-hetero) is 1. The van der Waals surface area contributed by atoms with Crippen molar-refractivity contribution in [2.75, 3.05) is 45.8 Å². The lowest BCUT2D eigenvalue weighted by Gasteiger charge is -2.35. The van der Waals surface area contributed by atoms with E-state index in [9.17, 15) is 19.2 Å². The normalized spacial score (nSPS) is 16.9. The molecule has 0 spiro atoms. The Labute approximate surface area is 605 Å². The lowest BCUT2D eigenvalue weighted by atomic mass is 9.87. The van der Waals surface area contributed by atoms with E-state index in [-0.39, 0.29) is 29.6 Å². The minimum absolute atomic E-state index is 0.104. The van der Waals surface area contributed by atoms with Gasteiger partial charge in [-0.1, -0.05) is 159 Å². The molecule has 4 fully saturated rings. The highest BCUT2D eigenvalue weighted by Crippen LogP contribution is 2.28. The van der Waals surface area contributed by atoms with Gasteiger partial charge in [0.05, 0.1) is 12.2 Å². The molecule has 11 nitrogen and oxygen atoms in total. The number of benzene rings is 2. The number of ketones is 1. The van der Waals surface area contributed by atoms with Crippen molar-refractivity contribution in [3.8, 4) is 0 Å². The van der Waals surface area contributed by atoms with Crippen molar-refractivity contribution < 1.29 is 19.1 Å². The zero-order valence-electron chi connectivity index (χ0n) is 68.9. The predicted molar refractivity (Wildman–Crippen MR) is 424 cm³/mol. The highest BCUT2D eigenvalue weighted by Gasteiger charge is 2.28. The van der Waals surface area contributed by atoms with Crippen LogP contribution >= 0.6 is 0 Å². The number of amides is 3. The lowest BCUT2D eigenvalue weighted by molar-refractivity contribution is -0.137. The Kier molecular flexibility index (Phi) is 46.1. The first-order valence-corrected chi connectivity index (χ1v) is 39.7. The number of hydrogen-bond donors (Lipinski definition) is 1. The van der Waals surface area contributed by atoms with Crippen LogP contribution in [0.15, 0.2) is 71.7 Å². The number of carbonyl (C=O) groups excluding carboxylic acids is 3. The number of ether oxygens (including phenoxy) is 1. The fourth-order valence-electron chi connectivity index (χ4n) is 13.4. The van der Waals surface area contributed by atoms with Crippen LogP contribution in [-0.4, -0.2) is 124 Å². The summed E-state index contributed by atoms with van der Waals surface area (Å²) in [7, 11) is 0. The smallest absolute Gasteiger partial charge is 0.317 e. The molecule has 3 aromatic rings. The Morgan fingerprint density at radius 2 is 0.990 bits per heavy atom. The molecule has 1 atom stereocenters. The van der Waals surface area contributed by atoms with E-state index < -0.39 is 0 Å². The fourth-order valence-corrected chi connectivity index (χ4v) is 13.4. The summed E-state index contributed by atoms with van der Waals surface area (Å²) >= 11 is 0. The SMILES string of the molecule is CC(C)C(=O)CCc1cccc(C(C)C)c1.CC(C)CC1CCN(C(C)C)C(=O)C1.CC(C)CC1CCN(C(C)C)CC1.CC(C)Cc1ccc(C(C)C)cc1.CC(C)Cc1ccn(C(C)C)c(=O)c1.CC(C)NC(=O)N1CCC(C(C)C)CC1.CC(C)OC1CCN(C(C)C)CC1. The van der Waals surface area contributed by atoms with E-state index in [0.29, 0.717) is 66.1 Å². The van der Waals surface area contributed by atoms with Gasteiger partial charge in [-0.15, -0.1) is 0 Å². The average Bonchev–Trinajstić information content (AvgIpc) is 0.893. The summed E-state index contributed by atoms with van der Waals surface area (Å²) in [5.74, 6) is 8.23. The van der Waals surface area contributed by atoms with Crippen LogP contribution in [-0.2, 0) is 33.6 Å². The average molecular weight is 1370 g/mol. The van der Waals surface area contributed by atoms with Crippen LogP contribution in [0.3, 0.4) is 0 Å². The van der Waals surface area contributed by atoms with Gasteiger partial charge in [0.25, 0.3) is 5.56 Å². The highest BCUT2D eigenvalue weighted by molar-refractivity contribution is 5.80. The van der Waals surface area contributed by atoms with Gasteiger partial charge in [-0.05, 0) is 266 Å². The molecule has 2 aromatic carbocycles. The van der Waals surface area contributed by atoms with Gasteiger partial charge in [-0.2, -0.15) is 0 Å². The van der Waals surface area contributed by atoms with Crippen LogP contribution in [0.4, 0.5) is 4.79 Å². The zero-order chi connectivity index (χ0) is 74.5. The molecule has 5 heterocycles. The van der Waals surface area contributed by atoms with Crippen molar-refractivity contribution >= 4 is 17.7 Å². The van der Waals surface area contributed by atoms with E-state index in [0.717, 1.165) is 98.9 Å². The topological polar surface area (TPSA) is 107 Å². The van der Waals surface area contributed by atoms with Gasteiger partial charge in [0.15, 0.2) is 0 Å². The Bertz CT molecular complexity index is 2570. The molecule has 0 aliphatic carbocycles. The number of nitrogens with one attached hydrogen (secondary N) is 1. The van der Waals surface area contributed by atoms with Crippen molar-refractivity contribution in [2.24, 2.45) is 53.3 Å². The quantitative estimate of drug-likeness (QED) is 0.107. The van der Waals surface area contributed by atoms with E-state index in [1.165, 1.54) is 99.8 Å². The van der Waals surface area contributed by atoms with Crippen LogP contribution < -0.4 is 10.9 Å². The number of piperidine rings is 4. The summed E-state index contributed by atoms with van der Waals surface area (Å²) in [6, 6.07) is 23.8. The monoisotopic (exact) mass is 1370 g/mol. The predicted octanol–water partition coefficient (Wildman–Crippen LogP) is 21.2. The van der Waals surface area contributed by atoms with E-state index in [1.54, 1.807) is 10.6 Å². The Hall–Kier alpha value is -4.32. The van der Waals surface area contributed by atoms with Gasteiger partial charge in [0.2, 0.25) is 5.91 Å². The van der Waals surface area contributed by atoms with Gasteiger partial charge in [0, 0.05) is 94.0 Å². The van der Waals surface area contributed by atoms with Gasteiger partial charge in [-0.3, -0.25) is 14.4 Å². The minimum atomic E-state index is 0.104. The summed E-state index contributed by atoms with van der Waals surface area (Å²) < 4.78 is 7.55. The summed E-state index contributed by atoms with van der Waals surface area (Å²) in [5.41, 5.74) is 6.78. The molecule has 3 amide bonds. The third kappa shape index (κ3) is 40.4. The second-order valence-corrected chi connectivity index (χ2v) is 34.0. The Balaban J connectivity index is 0.000000572. The number of hydrogen-bond acceptors (Lipinski definition) is 7. The number of aromatic nitrogens is 1. The summed E-state index contributed by atoms with van der Waals surface area (Å²) in [5, 5.41) is 2.94. The molecule has 4 aliphatic heterocycles. The number of rotatable bonds is 22. The summed E-state index contributed by atoms with van der Waals surface area (Å²) in [4.78, 5) is 55.7. The Morgan fingerprint density at radius 1 is 0.490 bits per heavy atom. The maximum atomic E-state index is 11.8. The first kappa shape index (κ1) is 91.7. The molecular formula is C87H156N6O5. The van der Waals surface area contributed by atoms with Crippen molar-refractivity contribution in [1.29, 1.82) is 0 Å². The first-order valence-electron chi connectivity index (χ1n) is 39.7. The number of aryl methyl sites for hydroxylation is 1. The molecule has 11 heteroatoms. The van der Waals surface area contributed by atoms with Crippen LogP contribution in [0.1, 0.15) is 310 Å². The number of pyridine rings is 1. The van der Waals surface area contributed by atoms with Gasteiger partial charge < -0.3 is 34.2 Å². The van der Waals surface area contributed by atoms with Crippen LogP contribution in [0.2, 0.25) is 0 Å².